The van der Waals surface area contributed by atoms with Gasteiger partial charge in [0, 0.05) is 34.3 Å². The van der Waals surface area contributed by atoms with Crippen LogP contribution in [0, 0.1) is 16.7 Å². The van der Waals surface area contributed by atoms with Gasteiger partial charge in [0.05, 0.1) is 28.5 Å². The summed E-state index contributed by atoms with van der Waals surface area (Å²) in [6.45, 7) is 2.08. The lowest BCUT2D eigenvalue weighted by Crippen LogP contribution is -2.66. The van der Waals surface area contributed by atoms with Crippen LogP contribution in [0.25, 0.3) is 10.4 Å². The molecule has 4 rings (SSSR count). The van der Waals surface area contributed by atoms with E-state index in [0.717, 1.165) is 10.4 Å². The highest BCUT2D eigenvalue weighted by Crippen LogP contribution is 2.45. The van der Waals surface area contributed by atoms with Gasteiger partial charge in [0.2, 0.25) is 0 Å². The van der Waals surface area contributed by atoms with Gasteiger partial charge in [-0.2, -0.15) is 5.26 Å². The van der Waals surface area contributed by atoms with Crippen molar-refractivity contribution in [1.29, 1.82) is 10.7 Å². The van der Waals surface area contributed by atoms with Gasteiger partial charge in [-0.15, -0.1) is 11.3 Å². The van der Waals surface area contributed by atoms with Crippen molar-refractivity contribution in [2.75, 3.05) is 19.0 Å². The van der Waals surface area contributed by atoms with Crippen LogP contribution >= 0.6 is 22.9 Å². The van der Waals surface area contributed by atoms with E-state index in [1.54, 1.807) is 25.3 Å². The molecule has 2 aliphatic heterocycles. The lowest BCUT2D eigenvalue weighted by atomic mass is 9.98. The lowest BCUT2D eigenvalue weighted by Gasteiger charge is -2.43. The normalized spacial score (nSPS) is 28.8. The Hall–Kier alpha value is -1.99. The smallest absolute Gasteiger partial charge is 0.168 e. The van der Waals surface area contributed by atoms with E-state index in [2.05, 4.69) is 16.4 Å². The minimum absolute atomic E-state index is 0.00723. The van der Waals surface area contributed by atoms with Gasteiger partial charge in [-0.05, 0) is 25.5 Å². The van der Waals surface area contributed by atoms with E-state index in [1.807, 2.05) is 0 Å². The Balaban J connectivity index is 1.75. The fraction of sp³-hybridized carbons (Fsp3) is 0.389. The number of ether oxygens (including phenoxy) is 1. The van der Waals surface area contributed by atoms with E-state index >= 15 is 0 Å². The SMILES string of the molecule is CC1(c2sc(-c3cncc(C#N)c3)cc2Cl)CS(=O)(=O)[C@]2(CCOC2)C(=N)N1. The summed E-state index contributed by atoms with van der Waals surface area (Å²) in [4.78, 5) is 5.48. The Morgan fingerprint density at radius 2 is 2.21 bits per heavy atom. The number of thiophene rings is 1. The minimum atomic E-state index is -3.63. The average molecular weight is 437 g/mol. The van der Waals surface area contributed by atoms with Crippen molar-refractivity contribution in [2.24, 2.45) is 0 Å². The molecule has 7 nitrogen and oxygen atoms in total. The summed E-state index contributed by atoms with van der Waals surface area (Å²) in [7, 11) is -3.63. The molecule has 4 heterocycles. The fourth-order valence-electron chi connectivity index (χ4n) is 3.73. The molecule has 2 N–H and O–H groups in total. The standard InChI is InChI=1S/C18H17ClN4O3S2/c1-17(10-28(24,25)18(16(21)23-17)2-3-26-9-18)15-13(19)5-14(27-15)12-4-11(6-20)7-22-8-12/h4-5,7-8H,2-3,9-10H2,1H3,(H2,21,23)/t17?,18-/m0/s1. The number of rotatable bonds is 2. The second kappa shape index (κ2) is 6.52. The van der Waals surface area contributed by atoms with Crippen molar-refractivity contribution in [3.05, 3.63) is 40.0 Å². The molecule has 146 valence electrons. The molecule has 2 aromatic heterocycles. The number of amidine groups is 1. The van der Waals surface area contributed by atoms with Gasteiger partial charge in [-0.25, -0.2) is 8.42 Å². The molecule has 0 saturated carbocycles. The van der Waals surface area contributed by atoms with Crippen LogP contribution < -0.4 is 5.32 Å². The van der Waals surface area contributed by atoms with E-state index < -0.39 is 20.1 Å². The zero-order valence-electron chi connectivity index (χ0n) is 15.0. The first-order valence-electron chi connectivity index (χ1n) is 8.53. The lowest BCUT2D eigenvalue weighted by molar-refractivity contribution is 0.193. The van der Waals surface area contributed by atoms with E-state index in [4.69, 9.17) is 27.0 Å². The number of hydrogen-bond acceptors (Lipinski definition) is 7. The summed E-state index contributed by atoms with van der Waals surface area (Å²) >= 11 is 7.81. The second-order valence-electron chi connectivity index (χ2n) is 7.25. The van der Waals surface area contributed by atoms with Crippen LogP contribution in [0.2, 0.25) is 5.02 Å². The number of sulfone groups is 1. The van der Waals surface area contributed by atoms with Gasteiger partial charge >= 0.3 is 0 Å². The van der Waals surface area contributed by atoms with Gasteiger partial charge in [0.25, 0.3) is 0 Å². The molecule has 10 heteroatoms. The summed E-state index contributed by atoms with van der Waals surface area (Å²) in [5.74, 6) is -0.222. The van der Waals surface area contributed by atoms with Crippen LogP contribution in [0.15, 0.2) is 24.5 Å². The van der Waals surface area contributed by atoms with Crippen LogP contribution in [-0.2, 0) is 20.1 Å². The number of nitriles is 1. The molecule has 2 fully saturated rings. The molecular weight excluding hydrogens is 420 g/mol. The summed E-state index contributed by atoms with van der Waals surface area (Å²) in [6.07, 6.45) is 3.39. The van der Waals surface area contributed by atoms with Crippen LogP contribution in [-0.4, -0.2) is 43.0 Å². The Labute approximate surface area is 171 Å². The molecule has 28 heavy (non-hydrogen) atoms. The first kappa shape index (κ1) is 19.3. The molecule has 0 aliphatic carbocycles. The topological polar surface area (TPSA) is 116 Å². The third-order valence-electron chi connectivity index (χ3n) is 5.26. The highest BCUT2D eigenvalue weighted by molar-refractivity contribution is 7.93. The molecule has 1 spiro atoms. The molecule has 2 atom stereocenters. The number of nitrogens with one attached hydrogen (secondary N) is 2. The zero-order valence-corrected chi connectivity index (χ0v) is 17.3. The van der Waals surface area contributed by atoms with Gasteiger partial charge in [-0.3, -0.25) is 10.4 Å². The van der Waals surface area contributed by atoms with E-state index in [-0.39, 0.29) is 24.6 Å². The number of nitrogens with zero attached hydrogens (tertiary/aromatic N) is 2. The monoisotopic (exact) mass is 436 g/mol. The molecule has 1 unspecified atom stereocenters. The molecule has 0 amide bonds. The number of aromatic nitrogens is 1. The van der Waals surface area contributed by atoms with Crippen molar-refractivity contribution in [3.8, 4) is 16.5 Å². The molecule has 2 saturated heterocycles. The van der Waals surface area contributed by atoms with Gasteiger partial charge < -0.3 is 10.1 Å². The summed E-state index contributed by atoms with van der Waals surface area (Å²) in [5.41, 5.74) is 0.137. The predicted molar refractivity (Wildman–Crippen MR) is 107 cm³/mol. The maximum absolute atomic E-state index is 13.1. The number of halogens is 1. The maximum Gasteiger partial charge on any atom is 0.168 e. The molecule has 2 aromatic rings. The third-order valence-corrected chi connectivity index (χ3v) is 9.79. The van der Waals surface area contributed by atoms with Crippen molar-refractivity contribution in [2.45, 2.75) is 23.6 Å². The first-order valence-corrected chi connectivity index (χ1v) is 11.4. The molecule has 0 aromatic carbocycles. The maximum atomic E-state index is 13.1. The average Bonchev–Trinajstić information content (AvgIpc) is 3.28. The van der Waals surface area contributed by atoms with E-state index in [9.17, 15) is 8.42 Å². The Morgan fingerprint density at radius 1 is 1.43 bits per heavy atom. The summed E-state index contributed by atoms with van der Waals surface area (Å²) < 4.78 is 30.3. The zero-order chi connectivity index (χ0) is 20.2. The second-order valence-corrected chi connectivity index (χ2v) is 11.0. The van der Waals surface area contributed by atoms with Crippen molar-refractivity contribution in [3.63, 3.8) is 0 Å². The number of hydrogen-bond donors (Lipinski definition) is 2. The van der Waals surface area contributed by atoms with E-state index in [1.165, 1.54) is 17.5 Å². The number of pyridine rings is 1. The van der Waals surface area contributed by atoms with E-state index in [0.29, 0.717) is 22.1 Å². The Morgan fingerprint density at radius 3 is 2.86 bits per heavy atom. The Bertz CT molecular complexity index is 1120. The van der Waals surface area contributed by atoms with Gasteiger partial charge in [0.1, 0.15) is 11.9 Å². The van der Waals surface area contributed by atoms with Crippen LogP contribution in [0.5, 0.6) is 0 Å². The minimum Gasteiger partial charge on any atom is -0.379 e. The van der Waals surface area contributed by atoms with Crippen molar-refractivity contribution in [1.82, 2.24) is 10.3 Å². The molecule has 2 aliphatic rings. The highest BCUT2D eigenvalue weighted by atomic mass is 35.5. The Kier molecular flexibility index (Phi) is 4.50. The summed E-state index contributed by atoms with van der Waals surface area (Å²) in [6, 6.07) is 5.50. The van der Waals surface area contributed by atoms with Crippen molar-refractivity contribution < 1.29 is 13.2 Å². The van der Waals surface area contributed by atoms with Crippen molar-refractivity contribution >= 4 is 38.6 Å². The molecule has 0 bridgehead atoms. The van der Waals surface area contributed by atoms with Crippen LogP contribution in [0.1, 0.15) is 23.8 Å². The largest absolute Gasteiger partial charge is 0.379 e. The predicted octanol–water partition coefficient (Wildman–Crippen LogP) is 2.70. The third kappa shape index (κ3) is 2.83. The molecule has 0 radical (unpaired) electrons. The van der Waals surface area contributed by atoms with Crippen LogP contribution in [0.4, 0.5) is 0 Å². The summed E-state index contributed by atoms with van der Waals surface area (Å²) in [5, 5.41) is 21.0. The highest BCUT2D eigenvalue weighted by Gasteiger charge is 2.58. The quantitative estimate of drug-likeness (QED) is 0.747. The first-order chi connectivity index (χ1) is 13.2. The molecular formula is C18H17ClN4O3S2. The van der Waals surface area contributed by atoms with Gasteiger partial charge in [0.15, 0.2) is 14.6 Å². The fourth-order valence-corrected chi connectivity index (χ4v) is 7.73. The van der Waals surface area contributed by atoms with Crippen LogP contribution in [0.3, 0.4) is 0 Å². The van der Waals surface area contributed by atoms with Gasteiger partial charge in [-0.1, -0.05) is 11.6 Å².